The molecule has 2 aromatic heterocycles. The van der Waals surface area contributed by atoms with Gasteiger partial charge in [-0.3, -0.25) is 14.7 Å². The number of hydrogen-bond donors (Lipinski definition) is 1. The highest BCUT2D eigenvalue weighted by atomic mass is 16.5. The fourth-order valence-corrected chi connectivity index (χ4v) is 3.09. The number of piperazine rings is 1. The number of likely N-dealkylation sites (N-methyl/N-ethyl adjacent to an activating group) is 1. The van der Waals surface area contributed by atoms with Crippen molar-refractivity contribution < 1.29 is 9.32 Å². The molecule has 0 spiro atoms. The molecule has 3 rings (SSSR count). The average molecular weight is 357 g/mol. The van der Waals surface area contributed by atoms with E-state index in [1.54, 1.807) is 6.20 Å². The number of nitrogens with zero attached hydrogens (tertiary/aromatic N) is 4. The summed E-state index contributed by atoms with van der Waals surface area (Å²) in [6.45, 7) is 6.90. The van der Waals surface area contributed by atoms with Crippen molar-refractivity contribution in [3.8, 4) is 11.4 Å². The maximum absolute atomic E-state index is 12.1. The zero-order valence-corrected chi connectivity index (χ0v) is 15.5. The molecule has 7 heteroatoms. The van der Waals surface area contributed by atoms with Crippen LogP contribution in [0.25, 0.3) is 11.4 Å². The topological polar surface area (TPSA) is 74.5 Å². The van der Waals surface area contributed by atoms with Crippen LogP contribution in [0.2, 0.25) is 0 Å². The van der Waals surface area contributed by atoms with Gasteiger partial charge < -0.3 is 14.7 Å². The number of carbonyl (C=O) groups is 1. The first kappa shape index (κ1) is 18.5. The van der Waals surface area contributed by atoms with Crippen molar-refractivity contribution in [3.05, 3.63) is 36.2 Å². The summed E-state index contributed by atoms with van der Waals surface area (Å²) in [6, 6.07) is 7.87. The first-order chi connectivity index (χ1) is 12.6. The number of rotatable bonds is 7. The Morgan fingerprint density at radius 3 is 2.81 bits per heavy atom. The van der Waals surface area contributed by atoms with Crippen LogP contribution in [-0.4, -0.2) is 65.1 Å². The fourth-order valence-electron chi connectivity index (χ4n) is 3.09. The molecule has 0 radical (unpaired) electrons. The van der Waals surface area contributed by atoms with E-state index in [9.17, 15) is 4.79 Å². The summed E-state index contributed by atoms with van der Waals surface area (Å²) in [7, 11) is 2.15. The lowest BCUT2D eigenvalue weighted by molar-refractivity contribution is -0.121. The van der Waals surface area contributed by atoms with Gasteiger partial charge in [0.05, 0.1) is 12.2 Å². The van der Waals surface area contributed by atoms with Crippen LogP contribution >= 0.6 is 0 Å². The third-order valence-electron chi connectivity index (χ3n) is 4.90. The fraction of sp³-hybridized carbons (Fsp3) is 0.526. The lowest BCUT2D eigenvalue weighted by Gasteiger charge is -2.36. The highest BCUT2D eigenvalue weighted by molar-refractivity contribution is 5.75. The lowest BCUT2D eigenvalue weighted by Crippen LogP contribution is -2.48. The smallest absolute Gasteiger partial charge is 0.220 e. The quantitative estimate of drug-likeness (QED) is 0.814. The minimum absolute atomic E-state index is 0.0433. The molecule has 0 bridgehead atoms. The first-order valence-electron chi connectivity index (χ1n) is 9.18. The first-order valence-corrected chi connectivity index (χ1v) is 9.18. The molecular weight excluding hydrogens is 330 g/mol. The second kappa shape index (κ2) is 8.91. The van der Waals surface area contributed by atoms with Crippen molar-refractivity contribution in [1.82, 2.24) is 25.3 Å². The zero-order valence-electron chi connectivity index (χ0n) is 15.5. The molecule has 1 fully saturated rings. The van der Waals surface area contributed by atoms with E-state index in [1.165, 1.54) is 0 Å². The molecular formula is C19H27N5O2. The molecule has 0 aliphatic carbocycles. The third-order valence-corrected chi connectivity index (χ3v) is 4.90. The molecule has 0 saturated carbocycles. The second-order valence-electron chi connectivity index (χ2n) is 6.90. The highest BCUT2D eigenvalue weighted by Gasteiger charge is 2.19. The van der Waals surface area contributed by atoms with E-state index in [0.29, 0.717) is 30.5 Å². The number of hydrogen-bond acceptors (Lipinski definition) is 6. The van der Waals surface area contributed by atoms with E-state index in [1.807, 2.05) is 24.3 Å². The lowest BCUT2D eigenvalue weighted by atomic mass is 10.1. The molecule has 1 N–H and O–H groups in total. The minimum Gasteiger partial charge on any atom is -0.359 e. The molecule has 1 atom stereocenters. The molecule has 0 unspecified atom stereocenters. The zero-order chi connectivity index (χ0) is 18.4. The Morgan fingerprint density at radius 1 is 1.27 bits per heavy atom. The van der Waals surface area contributed by atoms with E-state index < -0.39 is 0 Å². The molecule has 1 saturated heterocycles. The summed E-state index contributed by atoms with van der Waals surface area (Å²) in [5.74, 6) is 0.674. The van der Waals surface area contributed by atoms with Gasteiger partial charge in [-0.05, 0) is 32.5 Å². The van der Waals surface area contributed by atoms with Crippen LogP contribution in [0.3, 0.4) is 0 Å². The monoisotopic (exact) mass is 357 g/mol. The predicted molar refractivity (Wildman–Crippen MR) is 99.3 cm³/mol. The van der Waals surface area contributed by atoms with Crippen LogP contribution in [-0.2, 0) is 11.3 Å². The molecule has 140 valence electrons. The summed E-state index contributed by atoms with van der Waals surface area (Å²) in [6.07, 6.45) is 3.10. The molecule has 3 heterocycles. The molecule has 26 heavy (non-hydrogen) atoms. The van der Waals surface area contributed by atoms with Crippen molar-refractivity contribution >= 4 is 5.91 Å². The van der Waals surface area contributed by atoms with Gasteiger partial charge in [0, 0.05) is 50.9 Å². The standard InChI is InChI=1S/C19H27N5O2/c1-15(24-11-9-23(2)10-12-24)6-7-19(25)21-14-16-13-18(22-26-16)17-5-3-4-8-20-17/h3-5,8,13,15H,6-7,9-12,14H2,1-2H3,(H,21,25)/t15-/m1/s1. The van der Waals surface area contributed by atoms with Gasteiger partial charge in [-0.25, -0.2) is 0 Å². The van der Waals surface area contributed by atoms with Crippen LogP contribution in [0.1, 0.15) is 25.5 Å². The average Bonchev–Trinajstić information content (AvgIpc) is 3.15. The number of aromatic nitrogens is 2. The normalized spacial score (nSPS) is 17.2. The van der Waals surface area contributed by atoms with Gasteiger partial charge in [0.15, 0.2) is 5.76 Å². The van der Waals surface area contributed by atoms with E-state index in [2.05, 4.69) is 39.2 Å². The molecule has 7 nitrogen and oxygen atoms in total. The van der Waals surface area contributed by atoms with Crippen molar-refractivity contribution in [2.45, 2.75) is 32.4 Å². The Bertz CT molecular complexity index is 695. The Morgan fingerprint density at radius 2 is 2.08 bits per heavy atom. The summed E-state index contributed by atoms with van der Waals surface area (Å²) in [5, 5.41) is 6.92. The molecule has 0 aromatic carbocycles. The molecule has 2 aromatic rings. The Labute approximate surface area is 154 Å². The van der Waals surface area contributed by atoms with Gasteiger partial charge in [0.2, 0.25) is 5.91 Å². The van der Waals surface area contributed by atoms with Crippen molar-refractivity contribution in [3.63, 3.8) is 0 Å². The van der Waals surface area contributed by atoms with Crippen LogP contribution in [0.4, 0.5) is 0 Å². The molecule has 1 aliphatic heterocycles. The second-order valence-corrected chi connectivity index (χ2v) is 6.90. The number of pyridine rings is 1. The van der Waals surface area contributed by atoms with E-state index in [0.717, 1.165) is 38.3 Å². The van der Waals surface area contributed by atoms with Crippen LogP contribution in [0.5, 0.6) is 0 Å². The summed E-state index contributed by atoms with van der Waals surface area (Å²) >= 11 is 0. The SMILES string of the molecule is C[C@H](CCC(=O)NCc1cc(-c2ccccn2)no1)N1CCN(C)CC1. The van der Waals surface area contributed by atoms with Crippen molar-refractivity contribution in [2.24, 2.45) is 0 Å². The van der Waals surface area contributed by atoms with Crippen LogP contribution < -0.4 is 5.32 Å². The largest absolute Gasteiger partial charge is 0.359 e. The van der Waals surface area contributed by atoms with Gasteiger partial charge in [-0.15, -0.1) is 0 Å². The minimum atomic E-state index is 0.0433. The molecule has 1 aliphatic rings. The van der Waals surface area contributed by atoms with Crippen LogP contribution in [0, 0.1) is 0 Å². The van der Waals surface area contributed by atoms with Gasteiger partial charge in [0.25, 0.3) is 0 Å². The maximum atomic E-state index is 12.1. The predicted octanol–water partition coefficient (Wildman–Crippen LogP) is 1.77. The summed E-state index contributed by atoms with van der Waals surface area (Å²) in [4.78, 5) is 21.2. The molecule has 1 amide bonds. The summed E-state index contributed by atoms with van der Waals surface area (Å²) < 4.78 is 5.28. The van der Waals surface area contributed by atoms with Gasteiger partial charge in [0.1, 0.15) is 5.69 Å². The van der Waals surface area contributed by atoms with Gasteiger partial charge >= 0.3 is 0 Å². The number of amides is 1. The third kappa shape index (κ3) is 5.12. The Hall–Kier alpha value is -2.25. The van der Waals surface area contributed by atoms with E-state index in [-0.39, 0.29) is 5.91 Å². The Balaban J connectivity index is 1.40. The van der Waals surface area contributed by atoms with E-state index >= 15 is 0 Å². The maximum Gasteiger partial charge on any atom is 0.220 e. The number of nitrogens with one attached hydrogen (secondary N) is 1. The van der Waals surface area contributed by atoms with E-state index in [4.69, 9.17) is 4.52 Å². The number of carbonyl (C=O) groups excluding carboxylic acids is 1. The Kier molecular flexibility index (Phi) is 6.35. The summed E-state index contributed by atoms with van der Waals surface area (Å²) in [5.41, 5.74) is 1.44. The van der Waals surface area contributed by atoms with Crippen molar-refractivity contribution in [1.29, 1.82) is 0 Å². The van der Waals surface area contributed by atoms with Gasteiger partial charge in [-0.2, -0.15) is 0 Å². The van der Waals surface area contributed by atoms with Crippen LogP contribution in [0.15, 0.2) is 35.0 Å². The highest BCUT2D eigenvalue weighted by Crippen LogP contribution is 2.16. The van der Waals surface area contributed by atoms with Crippen molar-refractivity contribution in [2.75, 3.05) is 33.2 Å². The van der Waals surface area contributed by atoms with Gasteiger partial charge in [-0.1, -0.05) is 11.2 Å².